The zero-order chi connectivity index (χ0) is 12.3. The standard InChI is InChI=1S/C10H10BF4O/c1-7-4-3-5-9(10(7)12)16-6-8(2)11(13,14)15/h3-5H,2,6H2,1H3/q-1. The second-order valence-corrected chi connectivity index (χ2v) is 3.41. The van der Waals surface area contributed by atoms with Gasteiger partial charge in [-0.3, -0.25) is 0 Å². The van der Waals surface area contributed by atoms with Crippen LogP contribution in [0.25, 0.3) is 0 Å². The Balaban J connectivity index is 2.69. The molecule has 0 aliphatic carbocycles. The van der Waals surface area contributed by atoms with Crippen LogP contribution in [0.15, 0.2) is 30.3 Å². The van der Waals surface area contributed by atoms with Crippen LogP contribution in [0.1, 0.15) is 5.56 Å². The fraction of sp³-hybridized carbons (Fsp3) is 0.200. The Labute approximate surface area is 90.8 Å². The van der Waals surface area contributed by atoms with Crippen LogP contribution in [-0.2, 0) is 0 Å². The van der Waals surface area contributed by atoms with Gasteiger partial charge >= 0.3 is 6.98 Å². The van der Waals surface area contributed by atoms with Gasteiger partial charge in [-0.15, -0.1) is 12.1 Å². The summed E-state index contributed by atoms with van der Waals surface area (Å²) in [6.45, 7) is -1.52. The summed E-state index contributed by atoms with van der Waals surface area (Å²) >= 11 is 0. The molecule has 0 bridgehead atoms. The van der Waals surface area contributed by atoms with Gasteiger partial charge in [0.1, 0.15) is 0 Å². The molecule has 0 spiro atoms. The molecule has 0 N–H and O–H groups in total. The van der Waals surface area contributed by atoms with E-state index in [4.69, 9.17) is 4.74 Å². The summed E-state index contributed by atoms with van der Waals surface area (Å²) in [6, 6.07) is 4.29. The molecule has 1 nitrogen and oxygen atoms in total. The molecule has 0 aliphatic heterocycles. The summed E-state index contributed by atoms with van der Waals surface area (Å²) in [5.41, 5.74) is -0.665. The summed E-state index contributed by atoms with van der Waals surface area (Å²) in [6.07, 6.45) is 0. The number of ether oxygens (including phenoxy) is 1. The lowest BCUT2D eigenvalue weighted by molar-refractivity contribution is 0.328. The van der Waals surface area contributed by atoms with Gasteiger partial charge in [-0.1, -0.05) is 12.1 Å². The fourth-order valence-electron chi connectivity index (χ4n) is 0.997. The summed E-state index contributed by atoms with van der Waals surface area (Å²) in [5.74, 6) is -0.842. The van der Waals surface area contributed by atoms with Gasteiger partial charge in [-0.25, -0.2) is 4.39 Å². The van der Waals surface area contributed by atoms with E-state index in [9.17, 15) is 17.3 Å². The third kappa shape index (κ3) is 3.02. The fourth-order valence-corrected chi connectivity index (χ4v) is 0.997. The van der Waals surface area contributed by atoms with Crippen molar-refractivity contribution in [2.45, 2.75) is 6.92 Å². The van der Waals surface area contributed by atoms with E-state index in [0.29, 0.717) is 5.56 Å². The van der Waals surface area contributed by atoms with Crippen LogP contribution in [0.3, 0.4) is 0 Å². The summed E-state index contributed by atoms with van der Waals surface area (Å²) < 4.78 is 54.4. The van der Waals surface area contributed by atoms with E-state index in [1.807, 2.05) is 0 Å². The van der Waals surface area contributed by atoms with Crippen LogP contribution in [0, 0.1) is 12.7 Å². The molecular weight excluding hydrogens is 223 g/mol. The minimum Gasteiger partial charge on any atom is -0.489 e. The Morgan fingerprint density at radius 1 is 1.38 bits per heavy atom. The molecule has 1 rings (SSSR count). The molecule has 0 atom stereocenters. The second-order valence-electron chi connectivity index (χ2n) is 3.41. The molecule has 16 heavy (non-hydrogen) atoms. The highest BCUT2D eigenvalue weighted by Gasteiger charge is 2.27. The normalized spacial score (nSPS) is 11.3. The van der Waals surface area contributed by atoms with Gasteiger partial charge in [0.05, 0.1) is 6.61 Å². The lowest BCUT2D eigenvalue weighted by Crippen LogP contribution is -2.23. The molecule has 0 saturated carbocycles. The number of hydrogen-bond donors (Lipinski definition) is 0. The van der Waals surface area contributed by atoms with Gasteiger partial charge in [-0.2, -0.15) is 0 Å². The van der Waals surface area contributed by atoms with E-state index in [0.717, 1.165) is 0 Å². The summed E-state index contributed by atoms with van der Waals surface area (Å²) in [7, 11) is 0. The molecular formula is C10H10BF4O-. The van der Waals surface area contributed by atoms with Crippen molar-refractivity contribution >= 4 is 6.98 Å². The molecule has 0 radical (unpaired) electrons. The van der Waals surface area contributed by atoms with Crippen molar-refractivity contribution in [1.82, 2.24) is 0 Å². The topological polar surface area (TPSA) is 9.23 Å². The molecule has 0 amide bonds. The van der Waals surface area contributed by atoms with E-state index in [1.54, 1.807) is 0 Å². The largest absolute Gasteiger partial charge is 0.508 e. The zero-order valence-electron chi connectivity index (χ0n) is 8.64. The average Bonchev–Trinajstić information content (AvgIpc) is 2.18. The summed E-state index contributed by atoms with van der Waals surface area (Å²) in [4.78, 5) is 0. The van der Waals surface area contributed by atoms with Crippen LogP contribution in [0.2, 0.25) is 0 Å². The molecule has 6 heteroatoms. The minimum atomic E-state index is -5.13. The van der Waals surface area contributed by atoms with Crippen molar-refractivity contribution in [3.63, 3.8) is 0 Å². The number of rotatable bonds is 4. The third-order valence-electron chi connectivity index (χ3n) is 2.03. The quantitative estimate of drug-likeness (QED) is 0.571. The van der Waals surface area contributed by atoms with Crippen molar-refractivity contribution in [3.8, 4) is 5.75 Å². The highest BCUT2D eigenvalue weighted by molar-refractivity contribution is 6.66. The van der Waals surface area contributed by atoms with Gasteiger partial charge in [-0.05, 0) is 18.6 Å². The van der Waals surface area contributed by atoms with Crippen LogP contribution in [0.4, 0.5) is 17.3 Å². The van der Waals surface area contributed by atoms with E-state index in [-0.39, 0.29) is 5.75 Å². The van der Waals surface area contributed by atoms with Crippen LogP contribution >= 0.6 is 0 Å². The predicted octanol–water partition coefficient (Wildman–Crippen LogP) is 3.46. The first-order chi connectivity index (χ1) is 7.32. The third-order valence-corrected chi connectivity index (χ3v) is 2.03. The van der Waals surface area contributed by atoms with E-state index in [2.05, 4.69) is 6.58 Å². The Morgan fingerprint density at radius 3 is 2.56 bits per heavy atom. The molecule has 88 valence electrons. The molecule has 0 aromatic heterocycles. The van der Waals surface area contributed by atoms with Gasteiger partial charge in [0, 0.05) is 0 Å². The maximum Gasteiger partial charge on any atom is 0.508 e. The van der Waals surface area contributed by atoms with Crippen LogP contribution < -0.4 is 4.74 Å². The van der Waals surface area contributed by atoms with Crippen LogP contribution in [-0.4, -0.2) is 13.6 Å². The Bertz CT molecular complexity index is 400. The van der Waals surface area contributed by atoms with Gasteiger partial charge in [0.25, 0.3) is 0 Å². The van der Waals surface area contributed by atoms with Crippen LogP contribution in [0.5, 0.6) is 5.75 Å². The van der Waals surface area contributed by atoms with Gasteiger partial charge in [0.15, 0.2) is 11.6 Å². The molecule has 0 saturated heterocycles. The first kappa shape index (κ1) is 12.6. The van der Waals surface area contributed by atoms with Crippen molar-refractivity contribution in [3.05, 3.63) is 41.6 Å². The van der Waals surface area contributed by atoms with E-state index in [1.165, 1.54) is 25.1 Å². The first-order valence-electron chi connectivity index (χ1n) is 4.58. The first-order valence-corrected chi connectivity index (χ1v) is 4.58. The predicted molar refractivity (Wildman–Crippen MR) is 54.9 cm³/mol. The zero-order valence-corrected chi connectivity index (χ0v) is 8.64. The van der Waals surface area contributed by atoms with E-state index < -0.39 is 24.9 Å². The molecule has 0 heterocycles. The van der Waals surface area contributed by atoms with Crippen molar-refractivity contribution in [2.75, 3.05) is 6.61 Å². The molecule has 1 aromatic rings. The maximum atomic E-state index is 13.3. The molecule has 0 unspecified atom stereocenters. The number of halogens is 4. The Hall–Kier alpha value is -1.46. The number of benzene rings is 1. The van der Waals surface area contributed by atoms with E-state index >= 15 is 0 Å². The highest BCUT2D eigenvalue weighted by Crippen LogP contribution is 2.23. The molecule has 1 aromatic carbocycles. The van der Waals surface area contributed by atoms with Gasteiger partial charge in [0.2, 0.25) is 0 Å². The smallest absolute Gasteiger partial charge is 0.489 e. The van der Waals surface area contributed by atoms with Crippen molar-refractivity contribution in [1.29, 1.82) is 0 Å². The number of hydrogen-bond acceptors (Lipinski definition) is 1. The lowest BCUT2D eigenvalue weighted by atomic mass is 9.81. The minimum absolute atomic E-state index is 0.193. The highest BCUT2D eigenvalue weighted by atomic mass is 19.4. The lowest BCUT2D eigenvalue weighted by Gasteiger charge is -2.18. The molecule has 0 fully saturated rings. The van der Waals surface area contributed by atoms with Gasteiger partial charge < -0.3 is 17.7 Å². The summed E-state index contributed by atoms with van der Waals surface area (Å²) in [5, 5.41) is 0. The number of aryl methyl sites for hydroxylation is 1. The van der Waals surface area contributed by atoms with Crippen molar-refractivity contribution in [2.24, 2.45) is 0 Å². The molecule has 0 aliphatic rings. The Kier molecular flexibility index (Phi) is 3.62. The Morgan fingerprint density at radius 2 is 2.00 bits per heavy atom. The second kappa shape index (κ2) is 4.59. The SMILES string of the molecule is C=C(COc1cccc(C)c1F)[B-](F)(F)F. The average molecular weight is 233 g/mol. The van der Waals surface area contributed by atoms with Crippen molar-refractivity contribution < 1.29 is 22.1 Å². The monoisotopic (exact) mass is 233 g/mol. The maximum absolute atomic E-state index is 13.3.